The van der Waals surface area contributed by atoms with Gasteiger partial charge in [-0.25, -0.2) is 14.8 Å². The maximum atomic E-state index is 12.6. The topological polar surface area (TPSA) is 181 Å². The van der Waals surface area contributed by atoms with Crippen LogP contribution in [-0.4, -0.2) is 47.1 Å². The number of pyridine rings is 2. The number of nitro groups is 1. The van der Waals surface area contributed by atoms with Gasteiger partial charge in [-0.1, -0.05) is 24.3 Å². The van der Waals surface area contributed by atoms with Crippen molar-refractivity contribution in [2.45, 2.75) is 31.9 Å². The molecule has 2 amide bonds. The van der Waals surface area contributed by atoms with Crippen LogP contribution in [0.1, 0.15) is 29.5 Å². The molecule has 0 atom stereocenters. The Hall–Kier alpha value is -7.04. The van der Waals surface area contributed by atoms with E-state index in [1.165, 1.54) is 32.5 Å². The first kappa shape index (κ1) is 40.7. The van der Waals surface area contributed by atoms with E-state index in [0.717, 1.165) is 41.6 Å². The number of carbonyl (C=O) groups is 3. The second-order valence-corrected chi connectivity index (χ2v) is 11.3. The molecule has 2 aromatic heterocycles. The molecule has 14 nitrogen and oxygen atoms in total. The lowest BCUT2D eigenvalue weighted by molar-refractivity contribution is -0.385. The van der Waals surface area contributed by atoms with Crippen LogP contribution in [0, 0.1) is 10.1 Å². The number of anilines is 2. The second-order valence-electron chi connectivity index (χ2n) is 11.3. The van der Waals surface area contributed by atoms with Gasteiger partial charge in [-0.3, -0.25) is 19.7 Å². The number of rotatable bonds is 13. The smallest absolute Gasteiger partial charge is 0.416 e. The third-order valence-electron chi connectivity index (χ3n) is 7.38. The second kappa shape index (κ2) is 19.7. The van der Waals surface area contributed by atoms with Crippen molar-refractivity contribution in [3.05, 3.63) is 136 Å². The SMILES string of the molecule is COC(=O)CCc1ccc(Oc2ccc(NC(=O)Nc3ccc(C(F)(F)F)cc3)cn2)cc1.COC(=O)CCc1ccc(Oc2ccc([N+](=O)[O-])cn2)cc1. The normalized spacial score (nSPS) is 10.6. The number of nitrogens with zero attached hydrogens (tertiary/aromatic N) is 3. The number of nitrogens with one attached hydrogen (secondary N) is 2. The third-order valence-corrected chi connectivity index (χ3v) is 7.38. The summed E-state index contributed by atoms with van der Waals surface area (Å²) in [7, 11) is 2.70. The fourth-order valence-electron chi connectivity index (χ4n) is 4.48. The molecule has 0 saturated heterocycles. The molecule has 5 rings (SSSR count). The van der Waals surface area contributed by atoms with Gasteiger partial charge in [-0.05, 0) is 78.6 Å². The molecule has 2 N–H and O–H groups in total. The zero-order valence-electron chi connectivity index (χ0n) is 29.4. The van der Waals surface area contributed by atoms with E-state index >= 15 is 0 Å². The molecule has 0 bridgehead atoms. The number of amides is 2. The number of hydrogen-bond acceptors (Lipinski definition) is 11. The maximum absolute atomic E-state index is 12.6. The largest absolute Gasteiger partial charge is 0.469 e. The molecule has 2 heterocycles. The summed E-state index contributed by atoms with van der Waals surface area (Å²) in [5, 5.41) is 15.5. The molecule has 0 saturated carbocycles. The van der Waals surface area contributed by atoms with Gasteiger partial charge >= 0.3 is 24.1 Å². The summed E-state index contributed by atoms with van der Waals surface area (Å²) in [6, 6.07) is 23.7. The molecule has 0 unspecified atom stereocenters. The predicted octanol–water partition coefficient (Wildman–Crippen LogP) is 8.53. The van der Waals surface area contributed by atoms with Crippen LogP contribution in [0.4, 0.5) is 35.0 Å². The summed E-state index contributed by atoms with van der Waals surface area (Å²) in [5.41, 5.74) is 1.62. The van der Waals surface area contributed by atoms with E-state index in [9.17, 15) is 37.7 Å². The van der Waals surface area contributed by atoms with E-state index in [1.807, 2.05) is 24.3 Å². The number of urea groups is 1. The Balaban J connectivity index is 0.000000265. The molecule has 3 aromatic carbocycles. The van der Waals surface area contributed by atoms with Gasteiger partial charge in [0, 0.05) is 36.7 Å². The first-order valence-corrected chi connectivity index (χ1v) is 16.3. The molecule has 286 valence electrons. The number of benzene rings is 3. The Morgan fingerprint density at radius 1 is 0.655 bits per heavy atom. The summed E-state index contributed by atoms with van der Waals surface area (Å²) in [6.07, 6.45) is -0.169. The quantitative estimate of drug-likeness (QED) is 0.0667. The number of ether oxygens (including phenoxy) is 4. The van der Waals surface area contributed by atoms with Crippen molar-refractivity contribution in [1.82, 2.24) is 9.97 Å². The van der Waals surface area contributed by atoms with Gasteiger partial charge < -0.3 is 29.6 Å². The van der Waals surface area contributed by atoms with Crippen LogP contribution >= 0.6 is 0 Å². The van der Waals surface area contributed by atoms with E-state index in [1.54, 1.807) is 36.4 Å². The maximum Gasteiger partial charge on any atom is 0.416 e. The van der Waals surface area contributed by atoms with Gasteiger partial charge in [0.05, 0.1) is 36.6 Å². The molecule has 55 heavy (non-hydrogen) atoms. The van der Waals surface area contributed by atoms with E-state index in [2.05, 4.69) is 30.1 Å². The predicted molar refractivity (Wildman–Crippen MR) is 193 cm³/mol. The molecular formula is C38H34F3N5O9. The molecule has 5 aromatic rings. The van der Waals surface area contributed by atoms with Crippen LogP contribution in [0.3, 0.4) is 0 Å². The summed E-state index contributed by atoms with van der Waals surface area (Å²) >= 11 is 0. The minimum absolute atomic E-state index is 0.0921. The van der Waals surface area contributed by atoms with Gasteiger partial charge in [-0.15, -0.1) is 0 Å². The number of aryl methyl sites for hydroxylation is 2. The standard InChI is InChI=1S/C23H20F3N3O4.C15H14N2O5/c1-32-21(30)13-4-15-2-10-19(11-3-15)33-20-12-9-18(14-27-20)29-22(31)28-17-7-5-16(6-8-17)23(24,25)26;1-21-15(18)9-4-11-2-6-13(7-3-11)22-14-8-5-12(10-16-14)17(19)20/h2-3,5-12,14H,4,13H2,1H3,(H2,28,29,31);2-3,5-8,10H,4,9H2,1H3. The number of alkyl halides is 3. The van der Waals surface area contributed by atoms with Gasteiger partial charge in [-0.2, -0.15) is 13.2 Å². The van der Waals surface area contributed by atoms with Crippen LogP contribution in [-0.2, 0) is 38.1 Å². The van der Waals surface area contributed by atoms with Crippen LogP contribution in [0.2, 0.25) is 0 Å². The van der Waals surface area contributed by atoms with E-state index in [-0.39, 0.29) is 29.2 Å². The average molecular weight is 762 g/mol. The molecular weight excluding hydrogens is 727 g/mol. The average Bonchev–Trinajstić information content (AvgIpc) is 3.18. The van der Waals surface area contributed by atoms with Crippen LogP contribution in [0.15, 0.2) is 109 Å². The van der Waals surface area contributed by atoms with Crippen LogP contribution < -0.4 is 20.1 Å². The Morgan fingerprint density at radius 3 is 1.51 bits per heavy atom. The number of carbonyl (C=O) groups excluding carboxylic acids is 3. The monoisotopic (exact) mass is 761 g/mol. The number of aromatic nitrogens is 2. The van der Waals surface area contributed by atoms with Crippen molar-refractivity contribution in [3.63, 3.8) is 0 Å². The zero-order chi connectivity index (χ0) is 39.8. The van der Waals surface area contributed by atoms with Crippen molar-refractivity contribution in [2.24, 2.45) is 0 Å². The molecule has 17 heteroatoms. The van der Waals surface area contributed by atoms with Crippen molar-refractivity contribution in [1.29, 1.82) is 0 Å². The molecule has 0 radical (unpaired) electrons. The Kier molecular flexibility index (Phi) is 14.6. The van der Waals surface area contributed by atoms with E-state index in [0.29, 0.717) is 48.7 Å². The number of hydrogen-bond donors (Lipinski definition) is 2. The van der Waals surface area contributed by atoms with Gasteiger partial charge in [0.1, 0.15) is 17.7 Å². The van der Waals surface area contributed by atoms with Crippen molar-refractivity contribution >= 4 is 35.0 Å². The number of esters is 2. The molecule has 0 spiro atoms. The van der Waals surface area contributed by atoms with E-state index in [4.69, 9.17) is 9.47 Å². The van der Waals surface area contributed by atoms with Gasteiger partial charge in [0.15, 0.2) is 0 Å². The fourth-order valence-corrected chi connectivity index (χ4v) is 4.48. The zero-order valence-corrected chi connectivity index (χ0v) is 29.4. The fraction of sp³-hybridized carbons (Fsp3) is 0.184. The lowest BCUT2D eigenvalue weighted by Gasteiger charge is -2.10. The van der Waals surface area contributed by atoms with Crippen molar-refractivity contribution in [3.8, 4) is 23.3 Å². The number of methoxy groups -OCH3 is 2. The number of halogens is 3. The highest BCUT2D eigenvalue weighted by Gasteiger charge is 2.30. The van der Waals surface area contributed by atoms with Crippen LogP contribution in [0.25, 0.3) is 0 Å². The molecule has 0 aliphatic heterocycles. The first-order valence-electron chi connectivity index (χ1n) is 16.3. The third kappa shape index (κ3) is 13.8. The highest BCUT2D eigenvalue weighted by Crippen LogP contribution is 2.30. The molecule has 0 fully saturated rings. The Morgan fingerprint density at radius 2 is 1.11 bits per heavy atom. The summed E-state index contributed by atoms with van der Waals surface area (Å²) in [5.74, 6) is 1.14. The highest BCUT2D eigenvalue weighted by molar-refractivity contribution is 5.99. The van der Waals surface area contributed by atoms with Gasteiger partial charge in [0.2, 0.25) is 11.8 Å². The molecule has 0 aliphatic carbocycles. The molecule has 0 aliphatic rings. The summed E-state index contributed by atoms with van der Waals surface area (Å²) in [4.78, 5) is 52.3. The van der Waals surface area contributed by atoms with Crippen LogP contribution in [0.5, 0.6) is 23.3 Å². The highest BCUT2D eigenvalue weighted by atomic mass is 19.4. The minimum atomic E-state index is -4.44. The Labute approximate surface area is 312 Å². The first-order chi connectivity index (χ1) is 26.3. The van der Waals surface area contributed by atoms with Crippen molar-refractivity contribution in [2.75, 3.05) is 24.9 Å². The lowest BCUT2D eigenvalue weighted by Crippen LogP contribution is -2.19. The minimum Gasteiger partial charge on any atom is -0.469 e. The Bertz CT molecular complexity index is 2030. The van der Waals surface area contributed by atoms with Crippen molar-refractivity contribution < 1.29 is 51.4 Å². The van der Waals surface area contributed by atoms with Gasteiger partial charge in [0.25, 0.3) is 5.69 Å². The summed E-state index contributed by atoms with van der Waals surface area (Å²) in [6.45, 7) is 0. The summed E-state index contributed by atoms with van der Waals surface area (Å²) < 4.78 is 58.1. The lowest BCUT2D eigenvalue weighted by atomic mass is 10.1. The van der Waals surface area contributed by atoms with E-state index < -0.39 is 22.7 Å².